The summed E-state index contributed by atoms with van der Waals surface area (Å²) in [6.07, 6.45) is 4.19. The van der Waals surface area contributed by atoms with Gasteiger partial charge in [0, 0.05) is 12.5 Å². The van der Waals surface area contributed by atoms with Crippen molar-refractivity contribution in [3.05, 3.63) is 23.3 Å². The van der Waals surface area contributed by atoms with Gasteiger partial charge in [0.15, 0.2) is 5.78 Å². The molecular formula is C23H36O6. The van der Waals surface area contributed by atoms with Gasteiger partial charge in [-0.1, -0.05) is 31.9 Å². The second-order valence-corrected chi connectivity index (χ2v) is 9.49. The second-order valence-electron chi connectivity index (χ2n) is 9.49. The minimum atomic E-state index is -1.08. The maximum Gasteiger partial charge on any atom is 0.330 e. The molecule has 0 bridgehead atoms. The van der Waals surface area contributed by atoms with Crippen molar-refractivity contribution in [3.8, 4) is 0 Å². The van der Waals surface area contributed by atoms with Crippen molar-refractivity contribution in [2.75, 3.05) is 13.2 Å². The Morgan fingerprint density at radius 1 is 1.41 bits per heavy atom. The summed E-state index contributed by atoms with van der Waals surface area (Å²) in [5, 5.41) is 28.9. The van der Waals surface area contributed by atoms with E-state index < -0.39 is 24.8 Å². The van der Waals surface area contributed by atoms with Gasteiger partial charge in [-0.25, -0.2) is 4.79 Å². The highest BCUT2D eigenvalue weighted by molar-refractivity contribution is 5.92. The van der Waals surface area contributed by atoms with Crippen molar-refractivity contribution in [1.82, 2.24) is 0 Å². The molecule has 1 saturated carbocycles. The second kappa shape index (κ2) is 9.11. The van der Waals surface area contributed by atoms with E-state index in [0.29, 0.717) is 19.3 Å². The maximum absolute atomic E-state index is 12.3. The Morgan fingerprint density at radius 3 is 2.69 bits per heavy atom. The number of ketones is 1. The Bertz CT molecular complexity index is 695. The highest BCUT2D eigenvalue weighted by Crippen LogP contribution is 2.61. The third-order valence-electron chi connectivity index (χ3n) is 7.55. The Hall–Kier alpha value is -1.50. The van der Waals surface area contributed by atoms with Crippen LogP contribution >= 0.6 is 0 Å². The molecule has 6 nitrogen and oxygen atoms in total. The number of carbonyl (C=O) groups excluding carboxylic acids is 2. The third-order valence-corrected chi connectivity index (χ3v) is 7.55. The van der Waals surface area contributed by atoms with Crippen molar-refractivity contribution in [3.63, 3.8) is 0 Å². The highest BCUT2D eigenvalue weighted by Gasteiger charge is 2.57. The SMILES string of the molecule is CC1=CC(=O)C[C@H]2[C@](C)(CC/C(C)=C/C(=O)OC[C@H](O)CO)[C@@H](C)[C@@H](O)C[C@]12C. The van der Waals surface area contributed by atoms with Crippen LogP contribution < -0.4 is 0 Å². The molecule has 0 amide bonds. The number of hydrogen-bond acceptors (Lipinski definition) is 6. The van der Waals surface area contributed by atoms with Crippen LogP contribution in [0.5, 0.6) is 0 Å². The van der Waals surface area contributed by atoms with E-state index in [1.807, 2.05) is 13.8 Å². The standard InChI is InChI=1S/C23H36O6/c1-14(8-21(28)29-13-18(26)12-24)6-7-22(4)16(3)19(27)11-23(5)15(2)9-17(25)10-20(22)23/h8-9,16,18-20,24,26-27H,6-7,10-13H2,1-5H3/b14-8+/t16-,18+,19-,20-,22+,23+/m0/s1. The molecule has 29 heavy (non-hydrogen) atoms. The van der Waals surface area contributed by atoms with Crippen LogP contribution in [0.15, 0.2) is 23.3 Å². The molecule has 6 atom stereocenters. The van der Waals surface area contributed by atoms with Crippen molar-refractivity contribution < 1.29 is 29.6 Å². The van der Waals surface area contributed by atoms with Crippen LogP contribution in [0.2, 0.25) is 0 Å². The first-order chi connectivity index (χ1) is 13.4. The first-order valence-corrected chi connectivity index (χ1v) is 10.5. The lowest BCUT2D eigenvalue weighted by Gasteiger charge is -2.59. The summed E-state index contributed by atoms with van der Waals surface area (Å²) in [6, 6.07) is 0. The van der Waals surface area contributed by atoms with E-state index in [1.54, 1.807) is 6.08 Å². The average Bonchev–Trinajstić information content (AvgIpc) is 2.65. The number of aliphatic hydroxyl groups is 3. The zero-order valence-electron chi connectivity index (χ0n) is 18.3. The highest BCUT2D eigenvalue weighted by atomic mass is 16.5. The van der Waals surface area contributed by atoms with E-state index in [9.17, 15) is 19.8 Å². The van der Waals surface area contributed by atoms with Crippen molar-refractivity contribution >= 4 is 11.8 Å². The molecule has 2 aliphatic rings. The zero-order chi connectivity index (χ0) is 22.0. The summed E-state index contributed by atoms with van der Waals surface area (Å²) in [5.74, 6) is -0.213. The lowest BCUT2D eigenvalue weighted by molar-refractivity contribution is -0.141. The van der Waals surface area contributed by atoms with Crippen molar-refractivity contribution in [2.45, 2.75) is 72.5 Å². The summed E-state index contributed by atoms with van der Waals surface area (Å²) in [5.41, 5.74) is 1.45. The molecule has 0 spiro atoms. The molecule has 6 heteroatoms. The van der Waals surface area contributed by atoms with E-state index in [-0.39, 0.29) is 35.1 Å². The molecule has 0 unspecified atom stereocenters. The third kappa shape index (κ3) is 4.98. The van der Waals surface area contributed by atoms with Gasteiger partial charge < -0.3 is 20.1 Å². The maximum atomic E-state index is 12.3. The smallest absolute Gasteiger partial charge is 0.330 e. The fourth-order valence-corrected chi connectivity index (χ4v) is 5.21. The van der Waals surface area contributed by atoms with Gasteiger partial charge in [0.05, 0.1) is 12.7 Å². The summed E-state index contributed by atoms with van der Waals surface area (Å²) in [4.78, 5) is 24.2. The minimum absolute atomic E-state index is 0.0405. The lowest BCUT2D eigenvalue weighted by atomic mass is 9.46. The number of rotatable bonds is 7. The summed E-state index contributed by atoms with van der Waals surface area (Å²) in [7, 11) is 0. The van der Waals surface area contributed by atoms with Crippen LogP contribution in [0.4, 0.5) is 0 Å². The van der Waals surface area contributed by atoms with Crippen LogP contribution in [0, 0.1) is 22.7 Å². The number of ether oxygens (including phenoxy) is 1. The van der Waals surface area contributed by atoms with E-state index in [1.165, 1.54) is 6.08 Å². The molecular weight excluding hydrogens is 372 g/mol. The van der Waals surface area contributed by atoms with Gasteiger partial charge >= 0.3 is 5.97 Å². The Labute approximate surface area is 173 Å². The first-order valence-electron chi connectivity index (χ1n) is 10.5. The molecule has 0 aromatic heterocycles. The van der Waals surface area contributed by atoms with Gasteiger partial charge in [-0.15, -0.1) is 0 Å². The summed E-state index contributed by atoms with van der Waals surface area (Å²) in [6.45, 7) is 9.54. The van der Waals surface area contributed by atoms with E-state index >= 15 is 0 Å². The van der Waals surface area contributed by atoms with Gasteiger partial charge in [0.25, 0.3) is 0 Å². The average molecular weight is 409 g/mol. The normalized spacial score (nSPS) is 36.3. The Kier molecular flexibility index (Phi) is 7.47. The van der Waals surface area contributed by atoms with Gasteiger partial charge in [0.2, 0.25) is 0 Å². The zero-order valence-corrected chi connectivity index (χ0v) is 18.3. The Balaban J connectivity index is 2.14. The number of fused-ring (bicyclic) bond motifs is 1. The minimum Gasteiger partial charge on any atom is -0.460 e. The van der Waals surface area contributed by atoms with Gasteiger partial charge in [-0.2, -0.15) is 0 Å². The number of allylic oxidation sites excluding steroid dienone is 3. The van der Waals surface area contributed by atoms with E-state index in [2.05, 4.69) is 20.8 Å². The van der Waals surface area contributed by atoms with Gasteiger partial charge in [0.1, 0.15) is 12.7 Å². The fraction of sp³-hybridized carbons (Fsp3) is 0.739. The topological polar surface area (TPSA) is 104 Å². The molecule has 3 N–H and O–H groups in total. The van der Waals surface area contributed by atoms with Crippen LogP contribution in [-0.2, 0) is 14.3 Å². The lowest BCUT2D eigenvalue weighted by Crippen LogP contribution is -2.55. The van der Waals surface area contributed by atoms with Crippen LogP contribution in [0.25, 0.3) is 0 Å². The first kappa shape index (κ1) is 23.8. The number of esters is 1. The molecule has 0 radical (unpaired) electrons. The van der Waals surface area contributed by atoms with Crippen LogP contribution in [0.1, 0.15) is 60.3 Å². The summed E-state index contributed by atoms with van der Waals surface area (Å²) < 4.78 is 4.93. The van der Waals surface area contributed by atoms with Gasteiger partial charge in [-0.3, -0.25) is 4.79 Å². The largest absolute Gasteiger partial charge is 0.460 e. The number of aliphatic hydroxyl groups excluding tert-OH is 3. The molecule has 0 aromatic carbocycles. The molecule has 1 fully saturated rings. The van der Waals surface area contributed by atoms with Crippen molar-refractivity contribution in [2.24, 2.45) is 22.7 Å². The molecule has 2 rings (SSSR count). The van der Waals surface area contributed by atoms with E-state index in [4.69, 9.17) is 9.84 Å². The van der Waals surface area contributed by atoms with Crippen LogP contribution in [0.3, 0.4) is 0 Å². The molecule has 0 heterocycles. The number of carbonyl (C=O) groups is 2. The van der Waals surface area contributed by atoms with Gasteiger partial charge in [-0.05, 0) is 61.9 Å². The number of hydrogen-bond donors (Lipinski definition) is 3. The monoisotopic (exact) mass is 408 g/mol. The van der Waals surface area contributed by atoms with Crippen LogP contribution in [-0.4, -0.2) is 52.5 Å². The molecule has 2 aliphatic carbocycles. The predicted molar refractivity (Wildman–Crippen MR) is 110 cm³/mol. The summed E-state index contributed by atoms with van der Waals surface area (Å²) >= 11 is 0. The fourth-order valence-electron chi connectivity index (χ4n) is 5.21. The molecule has 0 aliphatic heterocycles. The molecule has 0 saturated heterocycles. The van der Waals surface area contributed by atoms with E-state index in [0.717, 1.165) is 17.6 Å². The quantitative estimate of drug-likeness (QED) is 0.442. The molecule has 164 valence electrons. The van der Waals surface area contributed by atoms with Crippen molar-refractivity contribution in [1.29, 1.82) is 0 Å². The molecule has 0 aromatic rings. The predicted octanol–water partition coefficient (Wildman–Crippen LogP) is 2.56. The Morgan fingerprint density at radius 2 is 2.07 bits per heavy atom.